The van der Waals surface area contributed by atoms with E-state index < -0.39 is 10.0 Å². The van der Waals surface area contributed by atoms with Gasteiger partial charge >= 0.3 is 5.69 Å². The molecule has 0 unspecified atom stereocenters. The van der Waals surface area contributed by atoms with Crippen LogP contribution in [0.1, 0.15) is 47.0 Å². The van der Waals surface area contributed by atoms with Crippen molar-refractivity contribution in [3.05, 3.63) is 28.7 Å². The van der Waals surface area contributed by atoms with Crippen LogP contribution in [0.5, 0.6) is 0 Å². The zero-order valence-corrected chi connectivity index (χ0v) is 23.3. The Morgan fingerprint density at radius 2 is 1.69 bits per heavy atom. The number of hydrogen-bond acceptors (Lipinski definition) is 5. The highest BCUT2D eigenvalue weighted by Crippen LogP contribution is 2.47. The number of hydrogen-bond donors (Lipinski definition) is 1. The average molecular weight is 520 g/mol. The molecule has 2 saturated heterocycles. The predicted molar refractivity (Wildman–Crippen MR) is 143 cm³/mol. The molecule has 0 saturated carbocycles. The first-order chi connectivity index (χ1) is 16.7. The number of carbonyl (C=O) groups excluding carboxylic acids is 1. The van der Waals surface area contributed by atoms with Crippen LogP contribution >= 0.6 is 0 Å². The van der Waals surface area contributed by atoms with Crippen molar-refractivity contribution in [2.45, 2.75) is 47.0 Å². The minimum atomic E-state index is -3.28. The van der Waals surface area contributed by atoms with Gasteiger partial charge < -0.3 is 5.32 Å². The Morgan fingerprint density at radius 3 is 2.33 bits per heavy atom. The van der Waals surface area contributed by atoms with Crippen molar-refractivity contribution in [2.75, 3.05) is 43.8 Å². The largest absolute Gasteiger partial charge is 0.328 e. The second-order valence-corrected chi connectivity index (χ2v) is 14.2. The Bertz CT molecular complexity index is 1300. The molecular weight excluding hydrogens is 478 g/mol. The van der Waals surface area contributed by atoms with Crippen molar-refractivity contribution in [1.29, 1.82) is 0 Å². The zero-order valence-electron chi connectivity index (χ0n) is 22.5. The number of nitrogens with one attached hydrogen (secondary N) is 1. The van der Waals surface area contributed by atoms with Crippen LogP contribution in [0.4, 0.5) is 5.69 Å². The van der Waals surface area contributed by atoms with Gasteiger partial charge in [0.1, 0.15) is 0 Å². The number of rotatable bonds is 6. The fraction of sp³-hybridized carbons (Fsp3) is 0.692. The standard InChI is InChI=1S/C26H41N5O4S/c1-19(2)15-36(34,35)31-17-25(3,4)16-26(18-31)9-11-30(12-10-26)14-23(32)27-20-7-8-21-22(13-20)29(6)24(33)28(21)5/h7-8,13,19H,9-12,14-18H2,1-6H3,(H,27,32). The molecule has 4 rings (SSSR count). The molecule has 0 radical (unpaired) electrons. The highest BCUT2D eigenvalue weighted by molar-refractivity contribution is 7.89. The van der Waals surface area contributed by atoms with Crippen LogP contribution < -0.4 is 11.0 Å². The van der Waals surface area contributed by atoms with Crippen molar-refractivity contribution < 1.29 is 13.2 Å². The van der Waals surface area contributed by atoms with Crippen molar-refractivity contribution >= 4 is 32.7 Å². The number of piperidine rings is 2. The van der Waals surface area contributed by atoms with E-state index in [0.29, 0.717) is 25.3 Å². The second-order valence-electron chi connectivity index (χ2n) is 12.2. The van der Waals surface area contributed by atoms with Gasteiger partial charge in [0.05, 0.1) is 23.3 Å². The van der Waals surface area contributed by atoms with Gasteiger partial charge in [0.2, 0.25) is 15.9 Å². The summed E-state index contributed by atoms with van der Waals surface area (Å²) in [6, 6.07) is 5.50. The molecule has 200 valence electrons. The molecule has 2 fully saturated rings. The van der Waals surface area contributed by atoms with Crippen LogP contribution in [0.25, 0.3) is 11.0 Å². The minimum Gasteiger partial charge on any atom is -0.325 e. The first-order valence-electron chi connectivity index (χ1n) is 12.9. The van der Waals surface area contributed by atoms with Crippen molar-refractivity contribution in [2.24, 2.45) is 30.8 Å². The lowest BCUT2D eigenvalue weighted by Gasteiger charge is -2.52. The van der Waals surface area contributed by atoms with E-state index in [2.05, 4.69) is 24.1 Å². The summed E-state index contributed by atoms with van der Waals surface area (Å²) in [6.45, 7) is 11.2. The summed E-state index contributed by atoms with van der Waals surface area (Å²) in [5, 5.41) is 2.97. The molecule has 9 nitrogen and oxygen atoms in total. The van der Waals surface area contributed by atoms with Gasteiger partial charge in [0.25, 0.3) is 0 Å². The molecule has 0 atom stereocenters. The van der Waals surface area contributed by atoms with Gasteiger partial charge in [-0.15, -0.1) is 0 Å². The lowest BCUT2D eigenvalue weighted by atomic mass is 9.65. The normalized spacial score (nSPS) is 20.9. The molecule has 1 spiro atoms. The Hall–Kier alpha value is -2.17. The first-order valence-corrected chi connectivity index (χ1v) is 14.5. The molecule has 0 aliphatic carbocycles. The van der Waals surface area contributed by atoms with Crippen molar-refractivity contribution in [3.63, 3.8) is 0 Å². The number of sulfonamides is 1. The van der Waals surface area contributed by atoms with Crippen LogP contribution in [0, 0.1) is 16.7 Å². The van der Waals surface area contributed by atoms with Crippen LogP contribution in [-0.2, 0) is 28.9 Å². The highest BCUT2D eigenvalue weighted by atomic mass is 32.2. The third-order valence-electron chi connectivity index (χ3n) is 7.75. The van der Waals surface area contributed by atoms with Gasteiger partial charge in [-0.2, -0.15) is 0 Å². The van der Waals surface area contributed by atoms with E-state index in [1.165, 1.54) is 0 Å². The van der Waals surface area contributed by atoms with E-state index in [1.807, 2.05) is 32.0 Å². The molecule has 1 amide bonds. The topological polar surface area (TPSA) is 96.7 Å². The zero-order chi connectivity index (χ0) is 26.5. The summed E-state index contributed by atoms with van der Waals surface area (Å²) >= 11 is 0. The summed E-state index contributed by atoms with van der Waals surface area (Å²) < 4.78 is 31.0. The smallest absolute Gasteiger partial charge is 0.325 e. The second kappa shape index (κ2) is 9.61. The average Bonchev–Trinajstić information content (AvgIpc) is 2.97. The van der Waals surface area contributed by atoms with Crippen LogP contribution in [0.3, 0.4) is 0 Å². The number of likely N-dealkylation sites (tertiary alicyclic amines) is 1. The van der Waals surface area contributed by atoms with Crippen LogP contribution in [-0.4, -0.2) is 71.1 Å². The van der Waals surface area contributed by atoms with Gasteiger partial charge in [-0.1, -0.05) is 27.7 Å². The molecule has 0 bridgehead atoms. The van der Waals surface area contributed by atoms with E-state index in [9.17, 15) is 18.0 Å². The fourth-order valence-electron chi connectivity index (χ4n) is 6.27. The van der Waals surface area contributed by atoms with Crippen LogP contribution in [0.2, 0.25) is 0 Å². The van der Waals surface area contributed by atoms with Crippen molar-refractivity contribution in [1.82, 2.24) is 18.3 Å². The first kappa shape index (κ1) is 26.9. The third kappa shape index (κ3) is 5.55. The predicted octanol–water partition coefficient (Wildman–Crippen LogP) is 2.62. The number of anilines is 1. The number of aromatic nitrogens is 2. The van der Waals surface area contributed by atoms with E-state index in [4.69, 9.17) is 0 Å². The van der Waals surface area contributed by atoms with Crippen LogP contribution in [0.15, 0.2) is 23.0 Å². The Morgan fingerprint density at radius 1 is 1.06 bits per heavy atom. The van der Waals surface area contributed by atoms with Gasteiger partial charge in [0.15, 0.2) is 0 Å². The lowest BCUT2D eigenvalue weighted by molar-refractivity contribution is -0.118. The summed E-state index contributed by atoms with van der Waals surface area (Å²) in [7, 11) is 0.175. The minimum absolute atomic E-state index is 0.0398. The maximum atomic E-state index is 13.1. The molecule has 1 aromatic heterocycles. The summed E-state index contributed by atoms with van der Waals surface area (Å²) in [5.74, 6) is 0.203. The summed E-state index contributed by atoms with van der Waals surface area (Å²) in [6.07, 6.45) is 2.77. The summed E-state index contributed by atoms with van der Waals surface area (Å²) in [5.41, 5.74) is 2.05. The fourth-order valence-corrected chi connectivity index (χ4v) is 8.34. The van der Waals surface area contributed by atoms with Crippen molar-refractivity contribution in [3.8, 4) is 0 Å². The van der Waals surface area contributed by atoms with Gasteiger partial charge in [-0.25, -0.2) is 17.5 Å². The number of benzene rings is 1. The molecule has 2 aromatic rings. The van der Waals surface area contributed by atoms with E-state index in [1.54, 1.807) is 27.5 Å². The molecule has 2 aliphatic rings. The van der Waals surface area contributed by atoms with E-state index in [0.717, 1.165) is 43.4 Å². The van der Waals surface area contributed by atoms with E-state index in [-0.39, 0.29) is 34.1 Å². The molecular formula is C26H41N5O4S. The molecule has 2 aliphatic heterocycles. The Labute approximate surface area is 214 Å². The van der Waals surface area contributed by atoms with Gasteiger partial charge in [-0.3, -0.25) is 18.8 Å². The summed E-state index contributed by atoms with van der Waals surface area (Å²) in [4.78, 5) is 27.1. The monoisotopic (exact) mass is 519 g/mol. The molecule has 1 aromatic carbocycles. The SMILES string of the molecule is CC(C)CS(=O)(=O)N1CC(C)(C)CC2(CCN(CC(=O)Nc3ccc4c(c3)n(C)c(=O)n4C)CC2)C1. The maximum absolute atomic E-state index is 13.1. The molecule has 36 heavy (non-hydrogen) atoms. The third-order valence-corrected chi connectivity index (χ3v) is 9.88. The number of fused-ring (bicyclic) bond motifs is 1. The van der Waals surface area contributed by atoms with E-state index >= 15 is 0 Å². The quantitative estimate of drug-likeness (QED) is 0.633. The lowest BCUT2D eigenvalue weighted by Crippen LogP contribution is -2.56. The molecule has 10 heteroatoms. The number of aryl methyl sites for hydroxylation is 2. The van der Waals surface area contributed by atoms with Gasteiger partial charge in [-0.05, 0) is 67.3 Å². The highest BCUT2D eigenvalue weighted by Gasteiger charge is 2.47. The maximum Gasteiger partial charge on any atom is 0.328 e. The Balaban J connectivity index is 1.38. The number of nitrogens with zero attached hydrogens (tertiary/aromatic N) is 4. The molecule has 1 N–H and O–H groups in total. The number of imidazole rings is 1. The van der Waals surface area contributed by atoms with Gasteiger partial charge in [0, 0.05) is 32.9 Å². The number of amides is 1. The molecule has 3 heterocycles. The number of carbonyl (C=O) groups is 1. The Kier molecular flexibility index (Phi) is 7.18.